The molecule has 0 aromatic heterocycles. The minimum Gasteiger partial charge on any atom is -0.368 e. The van der Waals surface area contributed by atoms with Gasteiger partial charge in [0.25, 0.3) is 0 Å². The number of hydrogen-bond donors (Lipinski definition) is 1. The van der Waals surface area contributed by atoms with E-state index in [2.05, 4.69) is 0 Å². The molecule has 98 valence electrons. The number of hydrogen-bond acceptors (Lipinski definition) is 4. The predicted octanol–water partition coefficient (Wildman–Crippen LogP) is 1.62. The molecule has 0 bridgehead atoms. The van der Waals surface area contributed by atoms with Crippen molar-refractivity contribution in [3.05, 3.63) is 46.0 Å². The highest BCUT2D eigenvalue weighted by Gasteiger charge is 2.37. The van der Waals surface area contributed by atoms with Crippen molar-refractivity contribution in [3.63, 3.8) is 0 Å². The number of aliphatic hydroxyl groups excluding tert-OH is 1. The summed E-state index contributed by atoms with van der Waals surface area (Å²) in [6, 6.07) is 9.19. The molecule has 1 N–H and O–H groups in total. The van der Waals surface area contributed by atoms with Crippen LogP contribution in [0.3, 0.4) is 0 Å². The van der Waals surface area contributed by atoms with Crippen LogP contribution < -0.4 is 0 Å². The highest BCUT2D eigenvalue weighted by Crippen LogP contribution is 2.26. The van der Waals surface area contributed by atoms with Crippen LogP contribution in [-0.4, -0.2) is 29.0 Å². The first-order valence-electron chi connectivity index (χ1n) is 6.14. The number of nitro groups is 1. The van der Waals surface area contributed by atoms with Gasteiger partial charge in [0.2, 0.25) is 6.04 Å². The lowest BCUT2D eigenvalue weighted by molar-refractivity contribution is -0.545. The van der Waals surface area contributed by atoms with E-state index in [1.165, 1.54) is 5.56 Å². The average Bonchev–Trinajstić information content (AvgIpc) is 2.37. The summed E-state index contributed by atoms with van der Waals surface area (Å²) < 4.78 is 4.95. The molecule has 2 rings (SSSR count). The van der Waals surface area contributed by atoms with Gasteiger partial charge in [-0.15, -0.1) is 0 Å². The van der Waals surface area contributed by atoms with Crippen LogP contribution in [0, 0.1) is 16.0 Å². The zero-order valence-corrected chi connectivity index (χ0v) is 10.1. The zero-order chi connectivity index (χ0) is 13.0. The molecule has 5 heteroatoms. The molecule has 3 atom stereocenters. The van der Waals surface area contributed by atoms with Crippen molar-refractivity contribution in [3.8, 4) is 0 Å². The third kappa shape index (κ3) is 3.27. The molecule has 1 saturated heterocycles. The van der Waals surface area contributed by atoms with E-state index in [1.807, 2.05) is 30.3 Å². The van der Waals surface area contributed by atoms with Crippen LogP contribution in [0.25, 0.3) is 0 Å². The molecule has 0 aliphatic carbocycles. The van der Waals surface area contributed by atoms with Gasteiger partial charge in [-0.3, -0.25) is 10.1 Å². The SMILES string of the molecule is O=[N+]([O-])[C@@H]1CO[C@H](O)C[C@H]1CCc1ccccc1. The van der Waals surface area contributed by atoms with Crippen LogP contribution in [0.2, 0.25) is 0 Å². The van der Waals surface area contributed by atoms with Crippen LogP contribution in [0.5, 0.6) is 0 Å². The van der Waals surface area contributed by atoms with E-state index >= 15 is 0 Å². The minimum absolute atomic E-state index is 0.00756. The van der Waals surface area contributed by atoms with Crippen molar-refractivity contribution in [2.75, 3.05) is 6.61 Å². The van der Waals surface area contributed by atoms with Gasteiger partial charge in [0.05, 0.1) is 0 Å². The number of nitrogens with zero attached hydrogens (tertiary/aromatic N) is 1. The van der Waals surface area contributed by atoms with Gasteiger partial charge in [-0.05, 0) is 18.4 Å². The molecule has 0 amide bonds. The Morgan fingerprint density at radius 1 is 1.39 bits per heavy atom. The van der Waals surface area contributed by atoms with Crippen LogP contribution in [-0.2, 0) is 11.2 Å². The highest BCUT2D eigenvalue weighted by atomic mass is 16.6. The van der Waals surface area contributed by atoms with Gasteiger partial charge in [0.1, 0.15) is 6.61 Å². The topological polar surface area (TPSA) is 72.6 Å². The van der Waals surface area contributed by atoms with Crippen molar-refractivity contribution in [1.29, 1.82) is 0 Å². The molecule has 1 aromatic rings. The van der Waals surface area contributed by atoms with Crippen LogP contribution in [0.1, 0.15) is 18.4 Å². The summed E-state index contributed by atoms with van der Waals surface area (Å²) in [6.45, 7) is 0.00756. The summed E-state index contributed by atoms with van der Waals surface area (Å²) in [4.78, 5) is 10.6. The summed E-state index contributed by atoms with van der Waals surface area (Å²) in [6.07, 6.45) is 0.985. The summed E-state index contributed by atoms with van der Waals surface area (Å²) >= 11 is 0. The Bertz CT molecular complexity index is 395. The Balaban J connectivity index is 1.94. The Kier molecular flexibility index (Phi) is 4.28. The first-order valence-corrected chi connectivity index (χ1v) is 6.14. The summed E-state index contributed by atoms with van der Waals surface area (Å²) in [5.41, 5.74) is 1.17. The number of aliphatic hydroxyl groups is 1. The number of benzene rings is 1. The highest BCUT2D eigenvalue weighted by molar-refractivity contribution is 5.14. The van der Waals surface area contributed by atoms with Crippen molar-refractivity contribution >= 4 is 0 Å². The Morgan fingerprint density at radius 3 is 2.78 bits per heavy atom. The van der Waals surface area contributed by atoms with Gasteiger partial charge in [-0.25, -0.2) is 0 Å². The lowest BCUT2D eigenvalue weighted by Crippen LogP contribution is -2.42. The van der Waals surface area contributed by atoms with Gasteiger partial charge < -0.3 is 9.84 Å². The van der Waals surface area contributed by atoms with Crippen molar-refractivity contribution < 1.29 is 14.8 Å². The monoisotopic (exact) mass is 251 g/mol. The molecule has 0 unspecified atom stereocenters. The molecule has 5 nitrogen and oxygen atoms in total. The molecule has 18 heavy (non-hydrogen) atoms. The minimum atomic E-state index is -0.859. The maximum Gasteiger partial charge on any atom is 0.239 e. The maximum atomic E-state index is 10.9. The fourth-order valence-electron chi connectivity index (χ4n) is 2.37. The molecule has 1 aromatic carbocycles. The van der Waals surface area contributed by atoms with Gasteiger partial charge >= 0.3 is 0 Å². The van der Waals surface area contributed by atoms with E-state index in [-0.39, 0.29) is 17.4 Å². The maximum absolute atomic E-state index is 10.9. The van der Waals surface area contributed by atoms with E-state index in [1.54, 1.807) is 0 Å². The smallest absolute Gasteiger partial charge is 0.239 e. The van der Waals surface area contributed by atoms with Gasteiger partial charge in [-0.1, -0.05) is 30.3 Å². The fraction of sp³-hybridized carbons (Fsp3) is 0.538. The van der Waals surface area contributed by atoms with Crippen LogP contribution in [0.4, 0.5) is 0 Å². The average molecular weight is 251 g/mol. The Labute approximate surface area is 106 Å². The predicted molar refractivity (Wildman–Crippen MR) is 65.6 cm³/mol. The summed E-state index contributed by atoms with van der Waals surface area (Å²) in [5.74, 6) is -0.121. The fourth-order valence-corrected chi connectivity index (χ4v) is 2.37. The molecule has 1 heterocycles. The summed E-state index contributed by atoms with van der Waals surface area (Å²) in [7, 11) is 0. The number of rotatable bonds is 4. The lowest BCUT2D eigenvalue weighted by atomic mass is 9.88. The third-order valence-corrected chi connectivity index (χ3v) is 3.43. The van der Waals surface area contributed by atoms with E-state index in [9.17, 15) is 15.2 Å². The van der Waals surface area contributed by atoms with Crippen molar-refractivity contribution in [1.82, 2.24) is 0 Å². The quantitative estimate of drug-likeness (QED) is 0.652. The second-order valence-electron chi connectivity index (χ2n) is 4.66. The van der Waals surface area contributed by atoms with Crippen LogP contribution in [0.15, 0.2) is 30.3 Å². The standard InChI is InChI=1S/C13H17NO4/c15-13-8-11(12(9-18-13)14(16)17)7-6-10-4-2-1-3-5-10/h1-5,11-13,15H,6-9H2/t11-,12-,13+/m1/s1. The van der Waals surface area contributed by atoms with Crippen molar-refractivity contribution in [2.45, 2.75) is 31.6 Å². The third-order valence-electron chi connectivity index (χ3n) is 3.43. The first-order chi connectivity index (χ1) is 8.66. The molecule has 0 saturated carbocycles. The van der Waals surface area contributed by atoms with Crippen LogP contribution >= 0.6 is 0 Å². The van der Waals surface area contributed by atoms with E-state index in [4.69, 9.17) is 4.74 Å². The molecule has 0 spiro atoms. The normalized spacial score (nSPS) is 27.9. The van der Waals surface area contributed by atoms with Gasteiger partial charge in [0, 0.05) is 17.3 Å². The van der Waals surface area contributed by atoms with E-state index in [0.29, 0.717) is 12.8 Å². The zero-order valence-electron chi connectivity index (χ0n) is 10.1. The molecule has 1 aliphatic rings. The summed E-state index contributed by atoms with van der Waals surface area (Å²) in [5, 5.41) is 20.4. The number of ether oxygens (including phenoxy) is 1. The lowest BCUT2D eigenvalue weighted by Gasteiger charge is -2.28. The first kappa shape index (κ1) is 13.0. The molecular weight excluding hydrogens is 234 g/mol. The second-order valence-corrected chi connectivity index (χ2v) is 4.66. The largest absolute Gasteiger partial charge is 0.368 e. The Morgan fingerprint density at radius 2 is 2.11 bits per heavy atom. The molecule has 1 fully saturated rings. The molecular formula is C13H17NO4. The van der Waals surface area contributed by atoms with E-state index in [0.717, 1.165) is 6.42 Å². The molecule has 1 aliphatic heterocycles. The Hall–Kier alpha value is -1.46. The van der Waals surface area contributed by atoms with Crippen molar-refractivity contribution in [2.24, 2.45) is 5.92 Å². The van der Waals surface area contributed by atoms with E-state index < -0.39 is 12.3 Å². The van der Waals surface area contributed by atoms with Gasteiger partial charge in [0.15, 0.2) is 6.29 Å². The van der Waals surface area contributed by atoms with Gasteiger partial charge in [-0.2, -0.15) is 0 Å². The second kappa shape index (κ2) is 5.93. The molecule has 0 radical (unpaired) electrons. The number of aryl methyl sites for hydroxylation is 1.